The van der Waals surface area contributed by atoms with Crippen molar-refractivity contribution in [2.75, 3.05) is 19.6 Å². The third-order valence-corrected chi connectivity index (χ3v) is 5.30. The maximum Gasteiger partial charge on any atom is 0.315 e. The molecule has 0 radical (unpaired) electrons. The Labute approximate surface area is 179 Å². The number of piperidine rings is 1. The van der Waals surface area contributed by atoms with Crippen LogP contribution in [0.25, 0.3) is 0 Å². The molecule has 1 fully saturated rings. The predicted octanol–water partition coefficient (Wildman–Crippen LogP) is 3.18. The Hall–Kier alpha value is -2.86. The van der Waals surface area contributed by atoms with Gasteiger partial charge in [-0.25, -0.2) is 4.79 Å². The van der Waals surface area contributed by atoms with Gasteiger partial charge < -0.3 is 16.0 Å². The third-order valence-electron chi connectivity index (χ3n) is 5.30. The summed E-state index contributed by atoms with van der Waals surface area (Å²) in [4.78, 5) is 26.3. The van der Waals surface area contributed by atoms with Gasteiger partial charge in [0.15, 0.2) is 0 Å². The summed E-state index contributed by atoms with van der Waals surface area (Å²) in [7, 11) is 0. The molecule has 1 aliphatic rings. The van der Waals surface area contributed by atoms with Crippen LogP contribution in [0.5, 0.6) is 0 Å². The first kappa shape index (κ1) is 21.8. The van der Waals surface area contributed by atoms with Gasteiger partial charge in [0.25, 0.3) is 0 Å². The molecule has 3 N–H and O–H groups in total. The molecule has 6 heteroatoms. The molecule has 3 rings (SSSR count). The highest BCUT2D eigenvalue weighted by Gasteiger charge is 2.10. The quantitative estimate of drug-likeness (QED) is 0.597. The Morgan fingerprint density at radius 1 is 0.733 bits per heavy atom. The fourth-order valence-electron chi connectivity index (χ4n) is 3.56. The van der Waals surface area contributed by atoms with Crippen molar-refractivity contribution in [1.29, 1.82) is 0 Å². The van der Waals surface area contributed by atoms with E-state index in [9.17, 15) is 9.59 Å². The molecule has 2 aromatic carbocycles. The first-order chi connectivity index (χ1) is 14.7. The zero-order chi connectivity index (χ0) is 21.0. The number of amides is 3. The normalized spacial score (nSPS) is 14.1. The minimum absolute atomic E-state index is 0.0734. The maximum absolute atomic E-state index is 12.0. The molecule has 0 saturated carbocycles. The van der Waals surface area contributed by atoms with E-state index in [4.69, 9.17) is 0 Å². The van der Waals surface area contributed by atoms with Crippen LogP contribution in [0.1, 0.15) is 42.4 Å². The van der Waals surface area contributed by atoms with E-state index in [-0.39, 0.29) is 18.4 Å². The maximum atomic E-state index is 12.0. The van der Waals surface area contributed by atoms with Crippen molar-refractivity contribution in [2.24, 2.45) is 0 Å². The lowest BCUT2D eigenvalue weighted by atomic mass is 10.1. The average Bonchev–Trinajstić information content (AvgIpc) is 2.79. The molecule has 0 aromatic heterocycles. The van der Waals surface area contributed by atoms with Crippen LogP contribution < -0.4 is 16.0 Å². The molecule has 1 aliphatic heterocycles. The highest BCUT2D eigenvalue weighted by molar-refractivity contribution is 5.78. The summed E-state index contributed by atoms with van der Waals surface area (Å²) in [6.07, 6.45) is 4.20. The second-order valence-corrected chi connectivity index (χ2v) is 7.78. The van der Waals surface area contributed by atoms with Crippen molar-refractivity contribution in [3.05, 3.63) is 71.3 Å². The minimum Gasteiger partial charge on any atom is -0.352 e. The number of likely N-dealkylation sites (tertiary alicyclic amines) is 1. The van der Waals surface area contributed by atoms with Crippen LogP contribution in [0, 0.1) is 0 Å². The van der Waals surface area contributed by atoms with Crippen molar-refractivity contribution in [2.45, 2.75) is 45.3 Å². The Morgan fingerprint density at radius 3 is 2.10 bits per heavy atom. The zero-order valence-corrected chi connectivity index (χ0v) is 17.5. The van der Waals surface area contributed by atoms with Gasteiger partial charge in [0.2, 0.25) is 5.91 Å². The summed E-state index contributed by atoms with van der Waals surface area (Å²) in [5.41, 5.74) is 3.43. The lowest BCUT2D eigenvalue weighted by molar-refractivity contribution is -0.121. The molecular formula is C24H32N4O2. The molecule has 0 unspecified atom stereocenters. The highest BCUT2D eigenvalue weighted by atomic mass is 16.2. The van der Waals surface area contributed by atoms with Crippen molar-refractivity contribution in [1.82, 2.24) is 20.9 Å². The molecule has 2 aromatic rings. The van der Waals surface area contributed by atoms with Crippen LogP contribution in [-0.4, -0.2) is 36.5 Å². The number of urea groups is 1. The predicted molar refractivity (Wildman–Crippen MR) is 119 cm³/mol. The van der Waals surface area contributed by atoms with E-state index in [1.807, 2.05) is 30.3 Å². The number of rotatable bonds is 9. The van der Waals surface area contributed by atoms with Crippen LogP contribution in [0.15, 0.2) is 54.6 Å². The summed E-state index contributed by atoms with van der Waals surface area (Å²) in [5.74, 6) is -0.0734. The molecule has 160 valence electrons. The summed E-state index contributed by atoms with van der Waals surface area (Å²) in [5, 5.41) is 8.40. The molecule has 1 heterocycles. The second kappa shape index (κ2) is 12.0. The molecule has 30 heavy (non-hydrogen) atoms. The average molecular weight is 409 g/mol. The van der Waals surface area contributed by atoms with E-state index in [2.05, 4.69) is 45.1 Å². The van der Waals surface area contributed by atoms with E-state index in [1.165, 1.54) is 37.9 Å². The van der Waals surface area contributed by atoms with Gasteiger partial charge in [0, 0.05) is 32.6 Å². The first-order valence-corrected chi connectivity index (χ1v) is 10.8. The van der Waals surface area contributed by atoms with Crippen LogP contribution in [-0.2, 0) is 24.4 Å². The topological polar surface area (TPSA) is 73.5 Å². The van der Waals surface area contributed by atoms with Crippen LogP contribution >= 0.6 is 0 Å². The van der Waals surface area contributed by atoms with Crippen molar-refractivity contribution >= 4 is 11.9 Å². The SMILES string of the molecule is O=C(CCNC(=O)NCc1ccccc1)NCc1ccc(CN2CCCCC2)cc1. The number of carbonyl (C=O) groups is 2. The van der Waals surface area contributed by atoms with Gasteiger partial charge in [-0.2, -0.15) is 0 Å². The van der Waals surface area contributed by atoms with Gasteiger partial charge in [-0.3, -0.25) is 9.69 Å². The van der Waals surface area contributed by atoms with Crippen molar-refractivity contribution in [3.63, 3.8) is 0 Å². The lowest BCUT2D eigenvalue weighted by Crippen LogP contribution is -2.37. The van der Waals surface area contributed by atoms with E-state index in [0.717, 1.165) is 17.7 Å². The number of hydrogen-bond acceptors (Lipinski definition) is 3. The van der Waals surface area contributed by atoms with Crippen molar-refractivity contribution in [3.8, 4) is 0 Å². The number of nitrogens with one attached hydrogen (secondary N) is 3. The summed E-state index contributed by atoms with van der Waals surface area (Å²) in [6.45, 7) is 4.66. The number of hydrogen-bond donors (Lipinski definition) is 3. The second-order valence-electron chi connectivity index (χ2n) is 7.78. The number of benzene rings is 2. The zero-order valence-electron chi connectivity index (χ0n) is 17.5. The van der Waals surface area contributed by atoms with E-state index in [0.29, 0.717) is 19.6 Å². The van der Waals surface area contributed by atoms with E-state index < -0.39 is 0 Å². The van der Waals surface area contributed by atoms with Gasteiger partial charge >= 0.3 is 6.03 Å². The van der Waals surface area contributed by atoms with Gasteiger partial charge in [-0.1, -0.05) is 61.0 Å². The Bertz CT molecular complexity index is 787. The summed E-state index contributed by atoms with van der Waals surface area (Å²) < 4.78 is 0. The third kappa shape index (κ3) is 7.87. The smallest absolute Gasteiger partial charge is 0.315 e. The summed E-state index contributed by atoms with van der Waals surface area (Å²) >= 11 is 0. The standard InChI is InChI=1S/C24H32N4O2/c29-23(13-14-25-24(30)27-18-20-7-3-1-4-8-20)26-17-21-9-11-22(12-10-21)19-28-15-5-2-6-16-28/h1,3-4,7-12H,2,5-6,13-19H2,(H,26,29)(H2,25,27,30). The van der Waals surface area contributed by atoms with Crippen LogP contribution in [0.2, 0.25) is 0 Å². The van der Waals surface area contributed by atoms with Gasteiger partial charge in [-0.15, -0.1) is 0 Å². The van der Waals surface area contributed by atoms with Crippen LogP contribution in [0.4, 0.5) is 4.79 Å². The van der Waals surface area contributed by atoms with E-state index in [1.54, 1.807) is 0 Å². The molecule has 6 nitrogen and oxygen atoms in total. The van der Waals surface area contributed by atoms with Gasteiger partial charge in [0.05, 0.1) is 0 Å². The molecule has 0 atom stereocenters. The lowest BCUT2D eigenvalue weighted by Gasteiger charge is -2.26. The molecule has 0 bridgehead atoms. The fourth-order valence-corrected chi connectivity index (χ4v) is 3.56. The Kier molecular flexibility index (Phi) is 8.72. The first-order valence-electron chi connectivity index (χ1n) is 10.8. The molecule has 0 spiro atoms. The summed E-state index contributed by atoms with van der Waals surface area (Å²) in [6, 6.07) is 17.9. The highest BCUT2D eigenvalue weighted by Crippen LogP contribution is 2.13. The molecule has 1 saturated heterocycles. The van der Waals surface area contributed by atoms with E-state index >= 15 is 0 Å². The van der Waals surface area contributed by atoms with Crippen LogP contribution in [0.3, 0.4) is 0 Å². The Balaban J connectivity index is 1.28. The fraction of sp³-hybridized carbons (Fsp3) is 0.417. The van der Waals surface area contributed by atoms with Gasteiger partial charge in [0.1, 0.15) is 0 Å². The molecular weight excluding hydrogens is 376 g/mol. The largest absolute Gasteiger partial charge is 0.352 e. The van der Waals surface area contributed by atoms with Crippen molar-refractivity contribution < 1.29 is 9.59 Å². The molecule has 3 amide bonds. The molecule has 0 aliphatic carbocycles. The number of nitrogens with zero attached hydrogens (tertiary/aromatic N) is 1. The monoisotopic (exact) mass is 408 g/mol. The Morgan fingerprint density at radius 2 is 1.37 bits per heavy atom. The minimum atomic E-state index is -0.268. The number of carbonyl (C=O) groups excluding carboxylic acids is 2. The van der Waals surface area contributed by atoms with Gasteiger partial charge in [-0.05, 0) is 42.6 Å².